The van der Waals surface area contributed by atoms with Gasteiger partial charge < -0.3 is 9.67 Å². The number of aryl methyl sites for hydroxylation is 1. The maximum atomic E-state index is 10.4. The van der Waals surface area contributed by atoms with E-state index in [0.29, 0.717) is 10.8 Å². The Labute approximate surface area is 156 Å². The number of hydrogen-bond acceptors (Lipinski definition) is 4. The summed E-state index contributed by atoms with van der Waals surface area (Å²) < 4.78 is 2.08. The van der Waals surface area contributed by atoms with E-state index in [0.717, 1.165) is 28.7 Å². The highest BCUT2D eigenvalue weighted by atomic mass is 35.5. The van der Waals surface area contributed by atoms with E-state index in [9.17, 15) is 5.11 Å². The molecule has 1 N–H and O–H groups in total. The van der Waals surface area contributed by atoms with Crippen LogP contribution in [0.3, 0.4) is 0 Å². The molecule has 1 atom stereocenters. The van der Waals surface area contributed by atoms with Gasteiger partial charge in [-0.05, 0) is 37.6 Å². The van der Waals surface area contributed by atoms with Crippen LogP contribution in [0.4, 0.5) is 0 Å². The summed E-state index contributed by atoms with van der Waals surface area (Å²) >= 11 is 7.40. The van der Waals surface area contributed by atoms with Crippen molar-refractivity contribution in [2.24, 2.45) is 0 Å². The molecule has 0 bridgehead atoms. The molecule has 1 aromatic heterocycles. The molecule has 0 saturated heterocycles. The molecule has 6 heteroatoms. The summed E-state index contributed by atoms with van der Waals surface area (Å²) in [5, 5.41) is 20.5. The Morgan fingerprint density at radius 2 is 1.92 bits per heavy atom. The molecule has 0 amide bonds. The van der Waals surface area contributed by atoms with Crippen molar-refractivity contribution in [2.75, 3.05) is 5.75 Å². The molecule has 0 fully saturated rings. The number of aromatic nitrogens is 3. The quantitative estimate of drug-likeness (QED) is 0.633. The van der Waals surface area contributed by atoms with E-state index < -0.39 is 6.10 Å². The van der Waals surface area contributed by atoms with Gasteiger partial charge in [-0.15, -0.1) is 10.2 Å². The minimum Gasteiger partial charge on any atom is -0.388 e. The van der Waals surface area contributed by atoms with E-state index >= 15 is 0 Å². The van der Waals surface area contributed by atoms with Crippen molar-refractivity contribution >= 4 is 23.4 Å². The molecule has 0 spiro atoms. The molecule has 4 nitrogen and oxygen atoms in total. The molecule has 0 radical (unpaired) electrons. The van der Waals surface area contributed by atoms with E-state index in [4.69, 9.17) is 11.6 Å². The summed E-state index contributed by atoms with van der Waals surface area (Å²) in [6.45, 7) is 4.91. The minimum atomic E-state index is -0.577. The third kappa shape index (κ3) is 4.24. The monoisotopic (exact) mass is 373 g/mol. The highest BCUT2D eigenvalue weighted by molar-refractivity contribution is 7.99. The average Bonchev–Trinajstić information content (AvgIpc) is 3.03. The van der Waals surface area contributed by atoms with Crippen LogP contribution in [0.1, 0.15) is 24.2 Å². The van der Waals surface area contributed by atoms with Crippen LogP contribution in [0.25, 0.3) is 11.4 Å². The first-order valence-electron chi connectivity index (χ1n) is 8.15. The largest absolute Gasteiger partial charge is 0.388 e. The maximum Gasteiger partial charge on any atom is 0.191 e. The molecule has 1 unspecified atom stereocenters. The van der Waals surface area contributed by atoms with Gasteiger partial charge in [0.2, 0.25) is 0 Å². The molecule has 3 aromatic rings. The molecule has 0 saturated carbocycles. The second-order valence-corrected chi connectivity index (χ2v) is 7.22. The molecular formula is C19H20ClN3OS. The molecule has 0 aliphatic rings. The van der Waals surface area contributed by atoms with Crippen molar-refractivity contribution in [3.63, 3.8) is 0 Å². The Kier molecular flexibility index (Phi) is 5.78. The number of halogens is 1. The standard InChI is InChI=1S/C19H20ClN3OS/c1-3-23-18(15-6-4-5-13(2)11-15)21-22-19(23)25-12-17(24)14-7-9-16(20)10-8-14/h4-11,17,24H,3,12H2,1-2H3. The number of rotatable bonds is 6. The predicted molar refractivity (Wildman–Crippen MR) is 103 cm³/mol. The van der Waals surface area contributed by atoms with Crippen molar-refractivity contribution < 1.29 is 5.11 Å². The second-order valence-electron chi connectivity index (χ2n) is 5.80. The fourth-order valence-electron chi connectivity index (χ4n) is 2.61. The Morgan fingerprint density at radius 3 is 2.60 bits per heavy atom. The van der Waals surface area contributed by atoms with Gasteiger partial charge >= 0.3 is 0 Å². The Balaban J connectivity index is 1.76. The highest BCUT2D eigenvalue weighted by Gasteiger charge is 2.15. The Bertz CT molecular complexity index is 848. The molecule has 2 aromatic carbocycles. The molecule has 3 rings (SSSR count). The molecule has 130 valence electrons. The summed E-state index contributed by atoms with van der Waals surface area (Å²) in [5.41, 5.74) is 3.09. The number of aliphatic hydroxyl groups excluding tert-OH is 1. The third-order valence-corrected chi connectivity index (χ3v) is 5.23. The van der Waals surface area contributed by atoms with Crippen LogP contribution in [-0.4, -0.2) is 25.6 Å². The van der Waals surface area contributed by atoms with Gasteiger partial charge in [-0.3, -0.25) is 0 Å². The van der Waals surface area contributed by atoms with Gasteiger partial charge in [-0.1, -0.05) is 59.3 Å². The van der Waals surface area contributed by atoms with Gasteiger partial charge in [0.15, 0.2) is 11.0 Å². The summed E-state index contributed by atoms with van der Waals surface area (Å²) in [6.07, 6.45) is -0.577. The van der Waals surface area contributed by atoms with E-state index in [-0.39, 0.29) is 0 Å². The van der Waals surface area contributed by atoms with Crippen molar-refractivity contribution in [3.05, 3.63) is 64.7 Å². The molecule has 1 heterocycles. The van der Waals surface area contributed by atoms with Gasteiger partial charge in [-0.2, -0.15) is 0 Å². The van der Waals surface area contributed by atoms with E-state index in [1.54, 1.807) is 12.1 Å². The van der Waals surface area contributed by atoms with Gasteiger partial charge in [0.25, 0.3) is 0 Å². The van der Waals surface area contributed by atoms with Gasteiger partial charge in [0, 0.05) is 22.9 Å². The first-order valence-corrected chi connectivity index (χ1v) is 9.51. The van der Waals surface area contributed by atoms with Crippen LogP contribution in [0.2, 0.25) is 5.02 Å². The summed E-state index contributed by atoms with van der Waals surface area (Å²) in [7, 11) is 0. The lowest BCUT2D eigenvalue weighted by Crippen LogP contribution is -2.04. The normalized spacial score (nSPS) is 12.3. The summed E-state index contributed by atoms with van der Waals surface area (Å²) in [4.78, 5) is 0. The smallest absolute Gasteiger partial charge is 0.191 e. The van der Waals surface area contributed by atoms with Crippen LogP contribution in [-0.2, 0) is 6.54 Å². The number of aliphatic hydroxyl groups is 1. The lowest BCUT2D eigenvalue weighted by atomic mass is 10.1. The van der Waals surface area contributed by atoms with Gasteiger partial charge in [0.05, 0.1) is 6.10 Å². The van der Waals surface area contributed by atoms with Crippen molar-refractivity contribution in [2.45, 2.75) is 31.7 Å². The van der Waals surface area contributed by atoms with E-state index in [1.807, 2.05) is 24.3 Å². The number of hydrogen-bond donors (Lipinski definition) is 1. The SMILES string of the molecule is CCn1c(SCC(O)c2ccc(Cl)cc2)nnc1-c1cccc(C)c1. The van der Waals surface area contributed by atoms with Crippen LogP contribution >= 0.6 is 23.4 Å². The summed E-state index contributed by atoms with van der Waals surface area (Å²) in [5.74, 6) is 1.36. The van der Waals surface area contributed by atoms with E-state index in [1.165, 1.54) is 17.3 Å². The van der Waals surface area contributed by atoms with Crippen molar-refractivity contribution in [1.82, 2.24) is 14.8 Å². The predicted octanol–water partition coefficient (Wildman–Crippen LogP) is 4.75. The van der Waals surface area contributed by atoms with E-state index in [2.05, 4.69) is 40.7 Å². The molecule has 0 aliphatic heterocycles. The Hall–Kier alpha value is -1.82. The van der Waals surface area contributed by atoms with Crippen molar-refractivity contribution in [1.29, 1.82) is 0 Å². The zero-order valence-corrected chi connectivity index (χ0v) is 15.8. The fourth-order valence-corrected chi connectivity index (χ4v) is 3.71. The lowest BCUT2D eigenvalue weighted by molar-refractivity contribution is 0.204. The average molecular weight is 374 g/mol. The van der Waals surface area contributed by atoms with Crippen molar-refractivity contribution in [3.8, 4) is 11.4 Å². The van der Waals surface area contributed by atoms with Crippen LogP contribution in [0, 0.1) is 6.92 Å². The number of thioether (sulfide) groups is 1. The summed E-state index contributed by atoms with van der Waals surface area (Å²) in [6, 6.07) is 15.5. The van der Waals surface area contributed by atoms with Crippen LogP contribution in [0.5, 0.6) is 0 Å². The molecule has 0 aliphatic carbocycles. The lowest BCUT2D eigenvalue weighted by Gasteiger charge is -2.11. The van der Waals surface area contributed by atoms with Gasteiger partial charge in [-0.25, -0.2) is 0 Å². The zero-order chi connectivity index (χ0) is 17.8. The molecular weight excluding hydrogens is 354 g/mol. The van der Waals surface area contributed by atoms with Crippen LogP contribution < -0.4 is 0 Å². The van der Waals surface area contributed by atoms with Gasteiger partial charge in [0.1, 0.15) is 0 Å². The Morgan fingerprint density at radius 1 is 1.16 bits per heavy atom. The second kappa shape index (κ2) is 8.04. The highest BCUT2D eigenvalue weighted by Crippen LogP contribution is 2.28. The number of benzene rings is 2. The maximum absolute atomic E-state index is 10.4. The first kappa shape index (κ1) is 18.0. The zero-order valence-electron chi connectivity index (χ0n) is 14.2. The fraction of sp³-hybridized carbons (Fsp3) is 0.263. The number of nitrogens with zero attached hydrogens (tertiary/aromatic N) is 3. The molecule has 25 heavy (non-hydrogen) atoms. The first-order chi connectivity index (χ1) is 12.1. The topological polar surface area (TPSA) is 50.9 Å². The van der Waals surface area contributed by atoms with Crippen LogP contribution in [0.15, 0.2) is 53.7 Å². The third-order valence-electron chi connectivity index (χ3n) is 3.93. The minimum absolute atomic E-state index is 0.508.